The van der Waals surface area contributed by atoms with Gasteiger partial charge >= 0.3 is 0 Å². The molecule has 0 saturated heterocycles. The summed E-state index contributed by atoms with van der Waals surface area (Å²) in [5, 5.41) is 13.8. The van der Waals surface area contributed by atoms with Gasteiger partial charge in [0.25, 0.3) is 0 Å². The fourth-order valence-corrected chi connectivity index (χ4v) is 2.08. The van der Waals surface area contributed by atoms with Gasteiger partial charge < -0.3 is 19.9 Å². The Hall–Kier alpha value is -1.26. The monoisotopic (exact) mass is 265 g/mol. The molecule has 1 unspecified atom stereocenters. The van der Waals surface area contributed by atoms with E-state index in [1.165, 1.54) is 0 Å². The van der Waals surface area contributed by atoms with Crippen LogP contribution >= 0.6 is 0 Å². The normalized spacial score (nSPS) is 17.3. The van der Waals surface area contributed by atoms with Crippen LogP contribution in [0.4, 0.5) is 0 Å². The zero-order chi connectivity index (χ0) is 13.9. The molecule has 0 fully saturated rings. The van der Waals surface area contributed by atoms with Crippen LogP contribution in [-0.2, 0) is 5.60 Å². The molecule has 0 saturated carbocycles. The third kappa shape index (κ3) is 3.61. The lowest BCUT2D eigenvalue weighted by molar-refractivity contribution is 0.0557. The van der Waals surface area contributed by atoms with Crippen LogP contribution in [0.3, 0.4) is 0 Å². The van der Waals surface area contributed by atoms with Crippen molar-refractivity contribution >= 4 is 0 Å². The van der Waals surface area contributed by atoms with Gasteiger partial charge in [0.1, 0.15) is 13.2 Å². The highest BCUT2D eigenvalue weighted by Crippen LogP contribution is 2.34. The summed E-state index contributed by atoms with van der Waals surface area (Å²) in [6, 6.07) is 5.62. The molecule has 1 atom stereocenters. The predicted octanol–water partition coefficient (Wildman–Crippen LogP) is 1.91. The molecule has 0 spiro atoms. The molecule has 19 heavy (non-hydrogen) atoms. The number of fused-ring (bicyclic) bond motifs is 1. The molecule has 2 rings (SSSR count). The SMILES string of the molecule is CC(C)CNCC(C)(O)c1ccc2c(c1)OCCO2. The largest absolute Gasteiger partial charge is 0.486 e. The van der Waals surface area contributed by atoms with E-state index in [0.29, 0.717) is 31.4 Å². The number of hydrogen-bond acceptors (Lipinski definition) is 4. The molecule has 0 amide bonds. The quantitative estimate of drug-likeness (QED) is 0.854. The fourth-order valence-electron chi connectivity index (χ4n) is 2.08. The van der Waals surface area contributed by atoms with Crippen molar-refractivity contribution in [2.45, 2.75) is 26.4 Å². The molecule has 4 heteroatoms. The van der Waals surface area contributed by atoms with Crippen LogP contribution in [0.25, 0.3) is 0 Å². The zero-order valence-corrected chi connectivity index (χ0v) is 11.9. The molecule has 0 aromatic heterocycles. The number of nitrogens with one attached hydrogen (secondary N) is 1. The molecule has 0 bridgehead atoms. The van der Waals surface area contributed by atoms with Crippen LogP contribution in [-0.4, -0.2) is 31.4 Å². The standard InChI is InChI=1S/C15H23NO3/c1-11(2)9-16-10-15(3,17)12-4-5-13-14(8-12)19-7-6-18-13/h4-5,8,11,16-17H,6-7,9-10H2,1-3H3. The van der Waals surface area contributed by atoms with Crippen molar-refractivity contribution in [3.05, 3.63) is 23.8 Å². The van der Waals surface area contributed by atoms with Crippen molar-refractivity contribution < 1.29 is 14.6 Å². The first-order chi connectivity index (χ1) is 8.99. The maximum Gasteiger partial charge on any atom is 0.161 e. The van der Waals surface area contributed by atoms with Gasteiger partial charge in [-0.3, -0.25) is 0 Å². The first-order valence-electron chi connectivity index (χ1n) is 6.82. The van der Waals surface area contributed by atoms with Gasteiger partial charge in [0, 0.05) is 6.54 Å². The average Bonchev–Trinajstić information content (AvgIpc) is 2.37. The van der Waals surface area contributed by atoms with Crippen LogP contribution in [0.15, 0.2) is 18.2 Å². The van der Waals surface area contributed by atoms with Gasteiger partial charge in [-0.05, 0) is 37.1 Å². The van der Waals surface area contributed by atoms with E-state index in [1.807, 2.05) is 25.1 Å². The summed E-state index contributed by atoms with van der Waals surface area (Å²) in [6.07, 6.45) is 0. The molecule has 4 nitrogen and oxygen atoms in total. The predicted molar refractivity (Wildman–Crippen MR) is 74.7 cm³/mol. The van der Waals surface area contributed by atoms with E-state index >= 15 is 0 Å². The molecular formula is C15H23NO3. The molecular weight excluding hydrogens is 242 g/mol. The Morgan fingerprint density at radius 1 is 1.26 bits per heavy atom. The van der Waals surface area contributed by atoms with Crippen molar-refractivity contribution in [3.63, 3.8) is 0 Å². The van der Waals surface area contributed by atoms with Gasteiger partial charge in [-0.2, -0.15) is 0 Å². The van der Waals surface area contributed by atoms with Gasteiger partial charge in [-0.25, -0.2) is 0 Å². The number of rotatable bonds is 5. The Morgan fingerprint density at radius 2 is 1.95 bits per heavy atom. The molecule has 1 aromatic carbocycles. The molecule has 0 radical (unpaired) electrons. The van der Waals surface area contributed by atoms with Crippen LogP contribution in [0.5, 0.6) is 11.5 Å². The summed E-state index contributed by atoms with van der Waals surface area (Å²) in [7, 11) is 0. The number of ether oxygens (including phenoxy) is 2. The second-order valence-electron chi connectivity index (χ2n) is 5.66. The highest BCUT2D eigenvalue weighted by molar-refractivity contribution is 5.45. The minimum absolute atomic E-state index is 0.519. The van der Waals surface area contributed by atoms with Crippen molar-refractivity contribution in [2.24, 2.45) is 5.92 Å². The third-order valence-corrected chi connectivity index (χ3v) is 3.19. The van der Waals surface area contributed by atoms with Crippen LogP contribution in [0.2, 0.25) is 0 Å². The molecule has 1 aliphatic heterocycles. The summed E-state index contributed by atoms with van der Waals surface area (Å²) >= 11 is 0. The van der Waals surface area contributed by atoms with Gasteiger partial charge in [0.2, 0.25) is 0 Å². The van der Waals surface area contributed by atoms with Crippen LogP contribution < -0.4 is 14.8 Å². The van der Waals surface area contributed by atoms with E-state index in [0.717, 1.165) is 17.9 Å². The van der Waals surface area contributed by atoms with Gasteiger partial charge in [-0.1, -0.05) is 19.9 Å². The Morgan fingerprint density at radius 3 is 2.63 bits per heavy atom. The van der Waals surface area contributed by atoms with Crippen molar-refractivity contribution in [3.8, 4) is 11.5 Å². The maximum atomic E-state index is 10.5. The second-order valence-corrected chi connectivity index (χ2v) is 5.66. The maximum absolute atomic E-state index is 10.5. The van der Waals surface area contributed by atoms with E-state index in [2.05, 4.69) is 19.2 Å². The molecule has 1 aromatic rings. The highest BCUT2D eigenvalue weighted by atomic mass is 16.6. The van der Waals surface area contributed by atoms with Crippen LogP contribution in [0, 0.1) is 5.92 Å². The zero-order valence-electron chi connectivity index (χ0n) is 11.9. The topological polar surface area (TPSA) is 50.7 Å². The van der Waals surface area contributed by atoms with Gasteiger partial charge in [0.05, 0.1) is 5.60 Å². The summed E-state index contributed by atoms with van der Waals surface area (Å²) in [4.78, 5) is 0. The second kappa shape index (κ2) is 5.80. The first-order valence-corrected chi connectivity index (χ1v) is 6.82. The van der Waals surface area contributed by atoms with E-state index < -0.39 is 5.60 Å². The first kappa shape index (κ1) is 14.2. The van der Waals surface area contributed by atoms with Crippen molar-refractivity contribution in [1.29, 1.82) is 0 Å². The van der Waals surface area contributed by atoms with Crippen LogP contribution in [0.1, 0.15) is 26.3 Å². The highest BCUT2D eigenvalue weighted by Gasteiger charge is 2.25. The molecule has 1 heterocycles. The lowest BCUT2D eigenvalue weighted by Gasteiger charge is -2.27. The lowest BCUT2D eigenvalue weighted by Crippen LogP contribution is -2.37. The third-order valence-electron chi connectivity index (χ3n) is 3.19. The number of aliphatic hydroxyl groups is 1. The number of hydrogen-bond donors (Lipinski definition) is 2. The Kier molecular flexibility index (Phi) is 4.32. The van der Waals surface area contributed by atoms with Crippen molar-refractivity contribution in [1.82, 2.24) is 5.32 Å². The molecule has 1 aliphatic rings. The van der Waals surface area contributed by atoms with Crippen molar-refractivity contribution in [2.75, 3.05) is 26.3 Å². The smallest absolute Gasteiger partial charge is 0.161 e. The fraction of sp³-hybridized carbons (Fsp3) is 0.600. The summed E-state index contributed by atoms with van der Waals surface area (Å²) in [5.74, 6) is 2.03. The van der Waals surface area contributed by atoms with E-state index in [-0.39, 0.29) is 0 Å². The Labute approximate surface area is 114 Å². The lowest BCUT2D eigenvalue weighted by atomic mass is 9.95. The molecule has 2 N–H and O–H groups in total. The van der Waals surface area contributed by atoms with E-state index in [1.54, 1.807) is 0 Å². The average molecular weight is 265 g/mol. The van der Waals surface area contributed by atoms with Gasteiger partial charge in [-0.15, -0.1) is 0 Å². The number of benzene rings is 1. The summed E-state index contributed by atoms with van der Waals surface area (Å²) < 4.78 is 11.0. The Bertz CT molecular complexity index is 429. The minimum atomic E-state index is -0.912. The molecule has 106 valence electrons. The summed E-state index contributed by atoms with van der Waals surface area (Å²) in [6.45, 7) is 8.65. The van der Waals surface area contributed by atoms with E-state index in [4.69, 9.17) is 9.47 Å². The van der Waals surface area contributed by atoms with Gasteiger partial charge in [0.15, 0.2) is 11.5 Å². The Balaban J connectivity index is 2.07. The van der Waals surface area contributed by atoms with E-state index in [9.17, 15) is 5.11 Å². The summed E-state index contributed by atoms with van der Waals surface area (Å²) in [5.41, 5.74) is -0.0712. The minimum Gasteiger partial charge on any atom is -0.486 e. The molecule has 0 aliphatic carbocycles.